The Kier molecular flexibility index (Phi) is 4.80. The van der Waals surface area contributed by atoms with Gasteiger partial charge in [-0.3, -0.25) is 0 Å². The Morgan fingerprint density at radius 2 is 2.05 bits per heavy atom. The van der Waals surface area contributed by atoms with E-state index in [4.69, 9.17) is 27.9 Å². The highest BCUT2D eigenvalue weighted by Crippen LogP contribution is 2.46. The summed E-state index contributed by atoms with van der Waals surface area (Å²) in [4.78, 5) is 2.57. The van der Waals surface area contributed by atoms with Crippen LogP contribution in [0.4, 0.5) is 0 Å². The third-order valence-electron chi connectivity index (χ3n) is 5.32. The van der Waals surface area contributed by atoms with Gasteiger partial charge in [-0.1, -0.05) is 29.3 Å². The van der Waals surface area contributed by atoms with E-state index in [2.05, 4.69) is 31.0 Å². The van der Waals surface area contributed by atoms with Gasteiger partial charge < -0.3 is 9.64 Å². The van der Waals surface area contributed by atoms with Crippen LogP contribution >= 0.6 is 23.2 Å². The lowest BCUT2D eigenvalue weighted by molar-refractivity contribution is 0.0253. The van der Waals surface area contributed by atoms with Gasteiger partial charge >= 0.3 is 0 Å². The van der Waals surface area contributed by atoms with E-state index >= 15 is 0 Å². The zero-order valence-corrected chi connectivity index (χ0v) is 14.2. The summed E-state index contributed by atoms with van der Waals surface area (Å²) in [5.41, 5.74) is 1.32. The molecule has 3 unspecified atom stereocenters. The number of fused-ring (bicyclic) bond motifs is 2. The van der Waals surface area contributed by atoms with Crippen LogP contribution < -0.4 is 0 Å². The van der Waals surface area contributed by atoms with Crippen LogP contribution in [0, 0.1) is 5.92 Å². The first-order chi connectivity index (χ1) is 10.1. The third-order valence-corrected chi connectivity index (χ3v) is 6.06. The molecule has 2 saturated heterocycles. The summed E-state index contributed by atoms with van der Waals surface area (Å²) in [6, 6.07) is 7.46. The molecule has 2 aliphatic heterocycles. The summed E-state index contributed by atoms with van der Waals surface area (Å²) < 4.78 is 5.79. The Morgan fingerprint density at radius 1 is 1.24 bits per heavy atom. The monoisotopic (exact) mass is 327 g/mol. The molecule has 2 fully saturated rings. The largest absolute Gasteiger partial charge is 0.381 e. The first-order valence-electron chi connectivity index (χ1n) is 7.86. The molecule has 2 nitrogen and oxygen atoms in total. The molecular weight excluding hydrogens is 305 g/mol. The maximum atomic E-state index is 6.23. The van der Waals surface area contributed by atoms with Crippen LogP contribution in [-0.2, 0) is 4.74 Å². The van der Waals surface area contributed by atoms with E-state index < -0.39 is 0 Å². The van der Waals surface area contributed by atoms with Crippen LogP contribution in [0.25, 0.3) is 0 Å². The number of rotatable bonds is 4. The van der Waals surface area contributed by atoms with Gasteiger partial charge in [-0.2, -0.15) is 0 Å². The number of benzene rings is 1. The molecule has 4 atom stereocenters. The SMILES string of the molecule is CCOC[C@@H]1C(c2ccc(Cl)c(Cl)c2)CC2CCC1N2C. The molecule has 0 spiro atoms. The van der Waals surface area contributed by atoms with Gasteiger partial charge in [-0.25, -0.2) is 0 Å². The maximum Gasteiger partial charge on any atom is 0.0595 e. The number of ether oxygens (including phenoxy) is 1. The van der Waals surface area contributed by atoms with Gasteiger partial charge in [0.2, 0.25) is 0 Å². The van der Waals surface area contributed by atoms with Crippen molar-refractivity contribution in [2.24, 2.45) is 5.92 Å². The molecule has 116 valence electrons. The van der Waals surface area contributed by atoms with Crippen molar-refractivity contribution < 1.29 is 4.74 Å². The van der Waals surface area contributed by atoms with E-state index in [9.17, 15) is 0 Å². The number of nitrogens with zero attached hydrogens (tertiary/aromatic N) is 1. The number of piperidine rings is 1. The van der Waals surface area contributed by atoms with Crippen molar-refractivity contribution >= 4 is 23.2 Å². The van der Waals surface area contributed by atoms with E-state index in [-0.39, 0.29) is 0 Å². The van der Waals surface area contributed by atoms with E-state index in [0.717, 1.165) is 13.2 Å². The van der Waals surface area contributed by atoms with Gasteiger partial charge in [-0.05, 0) is 56.8 Å². The Morgan fingerprint density at radius 3 is 2.76 bits per heavy atom. The maximum absolute atomic E-state index is 6.23. The minimum Gasteiger partial charge on any atom is -0.381 e. The summed E-state index contributed by atoms with van der Waals surface area (Å²) in [5.74, 6) is 1.07. The standard InChI is InChI=1S/C17H23Cl2NO/c1-3-21-10-14-13(9-12-5-7-17(14)20(12)2)11-4-6-15(18)16(19)8-11/h4,6,8,12-14,17H,3,5,7,9-10H2,1-2H3/t12?,13?,14-,17?/m1/s1. The predicted molar refractivity (Wildman–Crippen MR) is 88.4 cm³/mol. The van der Waals surface area contributed by atoms with E-state index in [1.807, 2.05) is 6.07 Å². The van der Waals surface area contributed by atoms with Gasteiger partial charge in [0.1, 0.15) is 0 Å². The molecule has 4 heteroatoms. The smallest absolute Gasteiger partial charge is 0.0595 e. The Hall–Kier alpha value is -0.280. The van der Waals surface area contributed by atoms with Crippen LogP contribution in [0.15, 0.2) is 18.2 Å². The van der Waals surface area contributed by atoms with Crippen molar-refractivity contribution in [1.82, 2.24) is 4.90 Å². The van der Waals surface area contributed by atoms with Crippen molar-refractivity contribution in [2.75, 3.05) is 20.3 Å². The van der Waals surface area contributed by atoms with Crippen molar-refractivity contribution in [3.8, 4) is 0 Å². The second-order valence-corrected chi connectivity index (χ2v) is 7.12. The molecule has 2 aliphatic rings. The minimum atomic E-state index is 0.528. The molecule has 1 aromatic carbocycles. The first kappa shape index (κ1) is 15.6. The highest BCUT2D eigenvalue weighted by atomic mass is 35.5. The van der Waals surface area contributed by atoms with E-state index in [1.165, 1.54) is 24.8 Å². The molecule has 0 aliphatic carbocycles. The molecule has 0 N–H and O–H groups in total. The summed E-state index contributed by atoms with van der Waals surface area (Å²) in [5, 5.41) is 1.30. The Labute approximate surface area is 137 Å². The Bertz CT molecular complexity index is 508. The van der Waals surface area contributed by atoms with Gasteiger partial charge in [0.05, 0.1) is 16.7 Å². The van der Waals surface area contributed by atoms with E-state index in [1.54, 1.807) is 0 Å². The lowest BCUT2D eigenvalue weighted by atomic mass is 9.76. The van der Waals surface area contributed by atoms with Crippen LogP contribution in [0.3, 0.4) is 0 Å². The number of halogens is 2. The summed E-state index contributed by atoms with van der Waals surface area (Å²) >= 11 is 12.3. The van der Waals surface area contributed by atoms with E-state index in [0.29, 0.717) is 34.0 Å². The molecule has 0 amide bonds. The second kappa shape index (κ2) is 6.45. The van der Waals surface area contributed by atoms with Crippen LogP contribution in [0.5, 0.6) is 0 Å². The summed E-state index contributed by atoms with van der Waals surface area (Å²) in [7, 11) is 2.27. The lowest BCUT2D eigenvalue weighted by Gasteiger charge is -2.43. The molecule has 3 rings (SSSR count). The molecule has 0 saturated carbocycles. The first-order valence-corrected chi connectivity index (χ1v) is 8.62. The topological polar surface area (TPSA) is 12.5 Å². The molecule has 0 radical (unpaired) electrons. The number of hydrogen-bond donors (Lipinski definition) is 0. The van der Waals surface area contributed by atoms with Crippen LogP contribution in [0.1, 0.15) is 37.7 Å². The fraction of sp³-hybridized carbons (Fsp3) is 0.647. The summed E-state index contributed by atoms with van der Waals surface area (Å²) in [6.45, 7) is 3.69. The molecule has 2 bridgehead atoms. The summed E-state index contributed by atoms with van der Waals surface area (Å²) in [6.07, 6.45) is 3.79. The fourth-order valence-electron chi connectivity index (χ4n) is 4.18. The highest BCUT2D eigenvalue weighted by molar-refractivity contribution is 6.42. The minimum absolute atomic E-state index is 0.528. The zero-order valence-electron chi connectivity index (χ0n) is 12.7. The van der Waals surface area contributed by atoms with Gasteiger partial charge in [0.25, 0.3) is 0 Å². The van der Waals surface area contributed by atoms with Crippen LogP contribution in [-0.4, -0.2) is 37.2 Å². The number of hydrogen-bond acceptors (Lipinski definition) is 2. The van der Waals surface area contributed by atoms with Gasteiger partial charge in [-0.15, -0.1) is 0 Å². The average Bonchev–Trinajstić information content (AvgIpc) is 2.72. The normalized spacial score (nSPS) is 32.6. The lowest BCUT2D eigenvalue weighted by Crippen LogP contribution is -2.47. The Balaban J connectivity index is 1.88. The van der Waals surface area contributed by atoms with Crippen LogP contribution in [0.2, 0.25) is 10.0 Å². The second-order valence-electron chi connectivity index (χ2n) is 6.30. The fourth-order valence-corrected chi connectivity index (χ4v) is 4.49. The zero-order chi connectivity index (χ0) is 15.0. The predicted octanol–water partition coefficient (Wildman–Crippen LogP) is 4.60. The molecule has 0 aromatic heterocycles. The van der Waals surface area contributed by atoms with Crippen molar-refractivity contribution in [2.45, 2.75) is 44.2 Å². The highest BCUT2D eigenvalue weighted by Gasteiger charge is 2.45. The molecule has 21 heavy (non-hydrogen) atoms. The van der Waals surface area contributed by atoms with Gasteiger partial charge in [0, 0.05) is 24.6 Å². The van der Waals surface area contributed by atoms with Gasteiger partial charge in [0.15, 0.2) is 0 Å². The quantitative estimate of drug-likeness (QED) is 0.801. The van der Waals surface area contributed by atoms with Crippen molar-refractivity contribution in [3.05, 3.63) is 33.8 Å². The molecular formula is C17H23Cl2NO. The molecule has 2 heterocycles. The van der Waals surface area contributed by atoms with Crippen molar-refractivity contribution in [3.63, 3.8) is 0 Å². The molecule has 1 aromatic rings. The van der Waals surface area contributed by atoms with Crippen molar-refractivity contribution in [1.29, 1.82) is 0 Å². The average molecular weight is 328 g/mol. The third kappa shape index (κ3) is 2.96.